The summed E-state index contributed by atoms with van der Waals surface area (Å²) in [5.74, 6) is 1.97. The van der Waals surface area contributed by atoms with E-state index in [0.29, 0.717) is 23.9 Å². The minimum atomic E-state index is 0.0247. The quantitative estimate of drug-likeness (QED) is 0.331. The van der Waals surface area contributed by atoms with E-state index in [1.807, 2.05) is 59.2 Å². The van der Waals surface area contributed by atoms with E-state index in [2.05, 4.69) is 37.8 Å². The number of aromatic nitrogens is 2. The molecular formula is C31H35N3O2. The molecule has 1 aliphatic heterocycles. The SMILES string of the molecule is COc1ccccc1-c1ccc2nc(-c3ccccc3C)n(CC3CCCN(C(C)C)C3)c(=O)c2c1. The fourth-order valence-corrected chi connectivity index (χ4v) is 5.44. The smallest absolute Gasteiger partial charge is 0.261 e. The average Bonchev–Trinajstić information content (AvgIpc) is 2.90. The topological polar surface area (TPSA) is 47.4 Å². The second-order valence-electron chi connectivity index (χ2n) is 10.2. The van der Waals surface area contributed by atoms with Crippen molar-refractivity contribution in [3.63, 3.8) is 0 Å². The number of aryl methyl sites for hydroxylation is 1. The van der Waals surface area contributed by atoms with Crippen molar-refractivity contribution in [3.05, 3.63) is 82.6 Å². The lowest BCUT2D eigenvalue weighted by Gasteiger charge is -2.36. The second-order valence-corrected chi connectivity index (χ2v) is 10.2. The molecule has 1 aliphatic rings. The summed E-state index contributed by atoms with van der Waals surface area (Å²) in [5, 5.41) is 0.646. The first-order valence-electron chi connectivity index (χ1n) is 12.9. The number of hydrogen-bond acceptors (Lipinski definition) is 4. The summed E-state index contributed by atoms with van der Waals surface area (Å²) < 4.78 is 7.52. The molecule has 1 atom stereocenters. The number of fused-ring (bicyclic) bond motifs is 1. The summed E-state index contributed by atoms with van der Waals surface area (Å²) in [6, 6.07) is 22.6. The van der Waals surface area contributed by atoms with Crippen LogP contribution in [0, 0.1) is 12.8 Å². The summed E-state index contributed by atoms with van der Waals surface area (Å²) in [5.41, 5.74) is 4.81. The minimum Gasteiger partial charge on any atom is -0.496 e. The molecule has 36 heavy (non-hydrogen) atoms. The van der Waals surface area contributed by atoms with Crippen molar-refractivity contribution in [1.82, 2.24) is 14.5 Å². The zero-order valence-electron chi connectivity index (χ0n) is 21.7. The van der Waals surface area contributed by atoms with E-state index in [9.17, 15) is 4.79 Å². The first kappa shape index (κ1) is 24.3. The summed E-state index contributed by atoms with van der Waals surface area (Å²) in [6.07, 6.45) is 2.29. The number of rotatable bonds is 6. The molecule has 0 aliphatic carbocycles. The predicted octanol–water partition coefficient (Wildman–Crippen LogP) is 6.17. The Morgan fingerprint density at radius 3 is 2.53 bits per heavy atom. The Kier molecular flexibility index (Phi) is 6.92. The molecule has 1 unspecified atom stereocenters. The Hall–Kier alpha value is -3.44. The predicted molar refractivity (Wildman–Crippen MR) is 148 cm³/mol. The minimum absolute atomic E-state index is 0.0247. The van der Waals surface area contributed by atoms with Gasteiger partial charge in [0.15, 0.2) is 0 Å². The zero-order valence-corrected chi connectivity index (χ0v) is 21.7. The Balaban J connectivity index is 1.66. The van der Waals surface area contributed by atoms with E-state index < -0.39 is 0 Å². The monoisotopic (exact) mass is 481 g/mol. The lowest BCUT2D eigenvalue weighted by Crippen LogP contribution is -2.42. The second kappa shape index (κ2) is 10.3. The average molecular weight is 482 g/mol. The summed E-state index contributed by atoms with van der Waals surface area (Å²) in [4.78, 5) is 21.7. The molecule has 2 heterocycles. The molecule has 0 bridgehead atoms. The molecule has 5 heteroatoms. The van der Waals surface area contributed by atoms with Gasteiger partial charge >= 0.3 is 0 Å². The van der Waals surface area contributed by atoms with E-state index >= 15 is 0 Å². The molecule has 4 aromatic rings. The van der Waals surface area contributed by atoms with Gasteiger partial charge in [-0.3, -0.25) is 9.36 Å². The molecule has 5 rings (SSSR count). The number of hydrogen-bond donors (Lipinski definition) is 0. The van der Waals surface area contributed by atoms with Crippen LogP contribution < -0.4 is 10.3 Å². The lowest BCUT2D eigenvalue weighted by molar-refractivity contribution is 0.130. The molecule has 5 nitrogen and oxygen atoms in total. The van der Waals surface area contributed by atoms with E-state index in [1.54, 1.807) is 7.11 Å². The molecule has 1 saturated heterocycles. The van der Waals surface area contributed by atoms with Crippen molar-refractivity contribution in [3.8, 4) is 28.3 Å². The molecule has 1 aromatic heterocycles. The Morgan fingerprint density at radius 2 is 1.78 bits per heavy atom. The van der Waals surface area contributed by atoms with Crippen LogP contribution in [0.1, 0.15) is 32.3 Å². The third-order valence-electron chi connectivity index (χ3n) is 7.48. The largest absolute Gasteiger partial charge is 0.496 e. The van der Waals surface area contributed by atoms with Crippen molar-refractivity contribution in [2.24, 2.45) is 5.92 Å². The number of nitrogens with zero attached hydrogens (tertiary/aromatic N) is 3. The number of para-hydroxylation sites is 1. The van der Waals surface area contributed by atoms with Crippen LogP contribution in [-0.4, -0.2) is 40.7 Å². The number of benzene rings is 3. The van der Waals surface area contributed by atoms with Gasteiger partial charge in [-0.15, -0.1) is 0 Å². The van der Waals surface area contributed by atoms with E-state index in [4.69, 9.17) is 9.72 Å². The van der Waals surface area contributed by atoms with Gasteiger partial charge in [-0.25, -0.2) is 4.98 Å². The third kappa shape index (κ3) is 4.68. The van der Waals surface area contributed by atoms with Gasteiger partial charge < -0.3 is 9.64 Å². The third-order valence-corrected chi connectivity index (χ3v) is 7.48. The normalized spacial score (nSPS) is 16.5. The molecule has 186 valence electrons. The van der Waals surface area contributed by atoms with Crippen LogP contribution in [0.3, 0.4) is 0 Å². The van der Waals surface area contributed by atoms with Crippen molar-refractivity contribution >= 4 is 10.9 Å². The molecule has 0 radical (unpaired) electrons. The summed E-state index contributed by atoms with van der Waals surface area (Å²) >= 11 is 0. The van der Waals surface area contributed by atoms with Gasteiger partial charge in [-0.1, -0.05) is 48.5 Å². The van der Waals surface area contributed by atoms with Crippen LogP contribution in [0.5, 0.6) is 5.75 Å². The zero-order chi connectivity index (χ0) is 25.2. The van der Waals surface area contributed by atoms with Gasteiger partial charge in [0.05, 0.1) is 18.0 Å². The summed E-state index contributed by atoms with van der Waals surface area (Å²) in [7, 11) is 1.67. The summed E-state index contributed by atoms with van der Waals surface area (Å²) in [6.45, 7) is 9.41. The maximum absolute atomic E-state index is 14.1. The Bertz CT molecular complexity index is 1440. The van der Waals surface area contributed by atoms with Crippen LogP contribution in [-0.2, 0) is 6.54 Å². The first-order valence-corrected chi connectivity index (χ1v) is 12.9. The van der Waals surface area contributed by atoms with E-state index in [0.717, 1.165) is 65.3 Å². The highest BCUT2D eigenvalue weighted by atomic mass is 16.5. The molecular weight excluding hydrogens is 446 g/mol. The van der Waals surface area contributed by atoms with Gasteiger partial charge in [-0.2, -0.15) is 0 Å². The van der Waals surface area contributed by atoms with E-state index in [1.165, 1.54) is 0 Å². The van der Waals surface area contributed by atoms with Crippen molar-refractivity contribution in [2.75, 3.05) is 20.2 Å². The maximum Gasteiger partial charge on any atom is 0.261 e. The van der Waals surface area contributed by atoms with Crippen LogP contribution in [0.2, 0.25) is 0 Å². The molecule has 0 N–H and O–H groups in total. The highest BCUT2D eigenvalue weighted by molar-refractivity contribution is 5.86. The highest BCUT2D eigenvalue weighted by Crippen LogP contribution is 2.32. The number of ether oxygens (including phenoxy) is 1. The lowest BCUT2D eigenvalue weighted by atomic mass is 9.96. The number of likely N-dealkylation sites (tertiary alicyclic amines) is 1. The molecule has 0 amide bonds. The van der Waals surface area contributed by atoms with Gasteiger partial charge in [0.1, 0.15) is 11.6 Å². The first-order chi connectivity index (χ1) is 17.5. The Morgan fingerprint density at radius 1 is 1.03 bits per heavy atom. The molecule has 3 aromatic carbocycles. The van der Waals surface area contributed by atoms with Gasteiger partial charge in [0.25, 0.3) is 5.56 Å². The van der Waals surface area contributed by atoms with Crippen LogP contribution in [0.4, 0.5) is 0 Å². The van der Waals surface area contributed by atoms with Gasteiger partial charge in [-0.05, 0) is 75.4 Å². The van der Waals surface area contributed by atoms with Crippen LogP contribution in [0.25, 0.3) is 33.4 Å². The maximum atomic E-state index is 14.1. The fraction of sp³-hybridized carbons (Fsp3) is 0.355. The molecule has 1 fully saturated rings. The van der Waals surface area contributed by atoms with Crippen LogP contribution in [0.15, 0.2) is 71.5 Å². The van der Waals surface area contributed by atoms with Crippen molar-refractivity contribution in [1.29, 1.82) is 0 Å². The van der Waals surface area contributed by atoms with Crippen molar-refractivity contribution in [2.45, 2.75) is 46.2 Å². The Labute approximate surface area is 213 Å². The van der Waals surface area contributed by atoms with Crippen molar-refractivity contribution < 1.29 is 4.74 Å². The number of piperidine rings is 1. The van der Waals surface area contributed by atoms with Crippen LogP contribution >= 0.6 is 0 Å². The highest BCUT2D eigenvalue weighted by Gasteiger charge is 2.24. The fourth-order valence-electron chi connectivity index (χ4n) is 5.44. The molecule has 0 spiro atoms. The van der Waals surface area contributed by atoms with E-state index in [-0.39, 0.29) is 5.56 Å². The van der Waals surface area contributed by atoms with Gasteiger partial charge in [0, 0.05) is 30.3 Å². The van der Waals surface area contributed by atoms with Gasteiger partial charge in [0.2, 0.25) is 0 Å². The standard InChI is InChI=1S/C31H35N3O2/c1-21(2)33-17-9-11-23(19-33)20-34-30(25-12-6-5-10-22(25)3)32-28-16-15-24(18-27(28)31(34)35)26-13-7-8-14-29(26)36-4/h5-8,10,12-16,18,21,23H,9,11,17,19-20H2,1-4H3. The molecule has 0 saturated carbocycles. The number of methoxy groups -OCH3 is 1.